The summed E-state index contributed by atoms with van der Waals surface area (Å²) in [6, 6.07) is 6.81. The average molecular weight is 315 g/mol. The Bertz CT molecular complexity index is 802. The van der Waals surface area contributed by atoms with Gasteiger partial charge in [-0.15, -0.1) is 0 Å². The summed E-state index contributed by atoms with van der Waals surface area (Å²) in [5, 5.41) is 24.6. The zero-order valence-electron chi connectivity index (χ0n) is 11.5. The number of nitrogens with zero attached hydrogens (tertiary/aromatic N) is 3. The highest BCUT2D eigenvalue weighted by Gasteiger charge is 2.16. The number of carbonyl (C=O) groups excluding carboxylic acids is 1. The fourth-order valence-corrected chi connectivity index (χ4v) is 2.37. The largest absolute Gasteiger partial charge is 0.360 e. The lowest BCUT2D eigenvalue weighted by Gasteiger charge is -2.02. The van der Waals surface area contributed by atoms with Crippen molar-refractivity contribution in [2.24, 2.45) is 0 Å². The lowest BCUT2D eigenvalue weighted by molar-refractivity contribution is -0.410. The van der Waals surface area contributed by atoms with Crippen LogP contribution in [0.15, 0.2) is 21.7 Å². The number of rotatable bonds is 4. The number of hydrogen-bond donors (Lipinski definition) is 2. The molecule has 1 amide bonds. The number of aromatic nitrogens is 2. The van der Waals surface area contributed by atoms with Gasteiger partial charge in [-0.3, -0.25) is 10.5 Å². The van der Waals surface area contributed by atoms with Gasteiger partial charge >= 0.3 is 0 Å². The topological polar surface area (TPSA) is 143 Å². The summed E-state index contributed by atoms with van der Waals surface area (Å²) in [4.78, 5) is 14.6. The molecule has 0 radical (unpaired) electrons. The SMILES string of the molecule is Cc1cc(NC(=O)CSc2[nH+]c(N)c(C#N)cc2C#N)no1. The highest BCUT2D eigenvalue weighted by Crippen LogP contribution is 2.20. The van der Waals surface area contributed by atoms with E-state index in [4.69, 9.17) is 20.8 Å². The van der Waals surface area contributed by atoms with Crippen molar-refractivity contribution in [2.45, 2.75) is 11.9 Å². The van der Waals surface area contributed by atoms with E-state index in [0.717, 1.165) is 11.8 Å². The summed E-state index contributed by atoms with van der Waals surface area (Å²) < 4.78 is 4.84. The number of nitriles is 2. The molecule has 0 unspecified atom stereocenters. The highest BCUT2D eigenvalue weighted by molar-refractivity contribution is 7.99. The molecule has 9 heteroatoms. The fraction of sp³-hybridized carbons (Fsp3) is 0.154. The maximum atomic E-state index is 11.8. The molecule has 0 saturated heterocycles. The predicted octanol–water partition coefficient (Wildman–Crippen LogP) is 0.853. The lowest BCUT2D eigenvalue weighted by atomic mass is 10.2. The molecule has 8 nitrogen and oxygen atoms in total. The van der Waals surface area contributed by atoms with Crippen molar-refractivity contribution in [3.63, 3.8) is 0 Å². The molecule has 0 saturated carbocycles. The second-order valence-electron chi connectivity index (χ2n) is 4.22. The summed E-state index contributed by atoms with van der Waals surface area (Å²) >= 11 is 1.10. The maximum absolute atomic E-state index is 11.8. The minimum absolute atomic E-state index is 0.0441. The Morgan fingerprint density at radius 1 is 1.45 bits per heavy atom. The van der Waals surface area contributed by atoms with Crippen molar-refractivity contribution in [1.82, 2.24) is 5.16 Å². The molecule has 2 aromatic rings. The highest BCUT2D eigenvalue weighted by atomic mass is 32.2. The fourth-order valence-electron chi connectivity index (χ4n) is 1.58. The van der Waals surface area contributed by atoms with E-state index in [1.165, 1.54) is 6.07 Å². The van der Waals surface area contributed by atoms with Crippen LogP contribution >= 0.6 is 11.8 Å². The molecule has 0 aromatic carbocycles. The van der Waals surface area contributed by atoms with Crippen LogP contribution in [-0.4, -0.2) is 16.8 Å². The van der Waals surface area contributed by atoms with Crippen LogP contribution in [0.4, 0.5) is 11.6 Å². The molecule has 0 atom stereocenters. The number of nitrogens with two attached hydrogens (primary N) is 1. The number of aromatic amines is 1. The van der Waals surface area contributed by atoms with Crippen LogP contribution in [0.5, 0.6) is 0 Å². The number of nitrogens with one attached hydrogen (secondary N) is 2. The summed E-state index contributed by atoms with van der Waals surface area (Å²) in [6.45, 7) is 1.71. The van der Waals surface area contributed by atoms with Crippen molar-refractivity contribution < 1.29 is 14.3 Å². The Labute approximate surface area is 129 Å². The van der Waals surface area contributed by atoms with Crippen LogP contribution < -0.4 is 16.0 Å². The number of pyridine rings is 1. The second-order valence-corrected chi connectivity index (χ2v) is 5.21. The van der Waals surface area contributed by atoms with Crippen molar-refractivity contribution in [1.29, 1.82) is 10.5 Å². The molecule has 4 N–H and O–H groups in total. The number of amides is 1. The molecular weight excluding hydrogens is 304 g/mol. The van der Waals surface area contributed by atoms with Gasteiger partial charge in [-0.05, 0) is 13.0 Å². The van der Waals surface area contributed by atoms with E-state index >= 15 is 0 Å². The molecule has 0 aliphatic carbocycles. The summed E-state index contributed by atoms with van der Waals surface area (Å²) in [6.07, 6.45) is 0. The van der Waals surface area contributed by atoms with Gasteiger partial charge in [-0.1, -0.05) is 16.9 Å². The average Bonchev–Trinajstić information content (AvgIpc) is 2.90. The Morgan fingerprint density at radius 3 is 2.77 bits per heavy atom. The number of H-pyrrole nitrogens is 1. The van der Waals surface area contributed by atoms with E-state index in [0.29, 0.717) is 16.6 Å². The standard InChI is InChI=1S/C13H10N6O2S/c1-7-2-10(19-21-7)17-11(20)6-22-13-9(5-15)3-8(4-14)12(16)18-13/h2-3H,6H2,1H3,(H2,16,18)(H,17,19,20)/p+1. The first-order chi connectivity index (χ1) is 10.5. The van der Waals surface area contributed by atoms with Crippen LogP contribution in [0.2, 0.25) is 0 Å². The maximum Gasteiger partial charge on any atom is 0.289 e. The van der Waals surface area contributed by atoms with Crippen LogP contribution in [0.1, 0.15) is 16.9 Å². The molecule has 22 heavy (non-hydrogen) atoms. The third kappa shape index (κ3) is 3.53. The van der Waals surface area contributed by atoms with E-state index in [-0.39, 0.29) is 28.6 Å². The Hall–Kier alpha value is -3.04. The predicted molar refractivity (Wildman–Crippen MR) is 77.4 cm³/mol. The second kappa shape index (κ2) is 6.61. The molecule has 2 rings (SSSR count). The summed E-state index contributed by atoms with van der Waals surface area (Å²) in [5.41, 5.74) is 6.10. The molecular formula is C13H11N6O2S+. The smallest absolute Gasteiger partial charge is 0.289 e. The van der Waals surface area contributed by atoms with Gasteiger partial charge in [-0.25, -0.2) is 4.98 Å². The molecule has 0 aliphatic rings. The molecule has 0 fully saturated rings. The zero-order valence-corrected chi connectivity index (χ0v) is 12.3. The number of hydrogen-bond acceptors (Lipinski definition) is 7. The Morgan fingerprint density at radius 2 is 2.18 bits per heavy atom. The van der Waals surface area contributed by atoms with Gasteiger partial charge < -0.3 is 9.84 Å². The molecule has 110 valence electrons. The minimum Gasteiger partial charge on any atom is -0.360 e. The Kier molecular flexibility index (Phi) is 4.61. The third-order valence-electron chi connectivity index (χ3n) is 2.56. The number of thioether (sulfide) groups is 1. The third-order valence-corrected chi connectivity index (χ3v) is 3.57. The van der Waals surface area contributed by atoms with Gasteiger partial charge in [0.15, 0.2) is 10.8 Å². The van der Waals surface area contributed by atoms with E-state index in [1.807, 2.05) is 12.1 Å². The first-order valence-electron chi connectivity index (χ1n) is 6.05. The van der Waals surface area contributed by atoms with Crippen molar-refractivity contribution >= 4 is 29.3 Å². The van der Waals surface area contributed by atoms with Gasteiger partial charge in [0.1, 0.15) is 29.0 Å². The minimum atomic E-state index is -0.307. The molecule has 2 aromatic heterocycles. The van der Waals surface area contributed by atoms with E-state index in [1.54, 1.807) is 13.0 Å². The van der Waals surface area contributed by atoms with Gasteiger partial charge in [0.05, 0.1) is 5.75 Å². The lowest BCUT2D eigenvalue weighted by Crippen LogP contribution is -2.19. The van der Waals surface area contributed by atoms with Crippen molar-refractivity contribution in [3.05, 3.63) is 29.0 Å². The van der Waals surface area contributed by atoms with Gasteiger partial charge in [0.25, 0.3) is 5.82 Å². The number of nitrogen functional groups attached to an aromatic ring is 1. The van der Waals surface area contributed by atoms with Gasteiger partial charge in [0.2, 0.25) is 5.91 Å². The van der Waals surface area contributed by atoms with E-state index in [9.17, 15) is 4.79 Å². The van der Waals surface area contributed by atoms with Crippen molar-refractivity contribution in [3.8, 4) is 12.1 Å². The quantitative estimate of drug-likeness (QED) is 0.796. The number of anilines is 2. The van der Waals surface area contributed by atoms with Crippen LogP contribution in [0, 0.1) is 29.6 Å². The van der Waals surface area contributed by atoms with Crippen LogP contribution in [0.3, 0.4) is 0 Å². The molecule has 0 spiro atoms. The van der Waals surface area contributed by atoms with Crippen LogP contribution in [-0.2, 0) is 4.79 Å². The molecule has 0 bridgehead atoms. The van der Waals surface area contributed by atoms with E-state index < -0.39 is 0 Å². The molecule has 2 heterocycles. The van der Waals surface area contributed by atoms with Crippen LogP contribution in [0.25, 0.3) is 0 Å². The Balaban J connectivity index is 2.05. The first kappa shape index (κ1) is 15.4. The van der Waals surface area contributed by atoms with Gasteiger partial charge in [-0.2, -0.15) is 10.5 Å². The molecule has 0 aliphatic heterocycles. The summed E-state index contributed by atoms with van der Waals surface area (Å²) in [5.74, 6) is 0.799. The zero-order chi connectivity index (χ0) is 16.1. The number of carbonyl (C=O) groups is 1. The first-order valence-corrected chi connectivity index (χ1v) is 7.04. The monoisotopic (exact) mass is 315 g/mol. The number of aryl methyl sites for hydroxylation is 1. The van der Waals surface area contributed by atoms with Crippen molar-refractivity contribution in [2.75, 3.05) is 16.8 Å². The summed E-state index contributed by atoms with van der Waals surface area (Å²) in [7, 11) is 0. The van der Waals surface area contributed by atoms with E-state index in [2.05, 4.69) is 15.5 Å². The van der Waals surface area contributed by atoms with Gasteiger partial charge in [0, 0.05) is 6.07 Å². The normalized spacial score (nSPS) is 9.77.